The van der Waals surface area contributed by atoms with Crippen molar-refractivity contribution < 1.29 is 0 Å². The minimum absolute atomic E-state index is 0.676. The number of hydrogen-bond acceptors (Lipinski definition) is 2. The summed E-state index contributed by atoms with van der Waals surface area (Å²) < 4.78 is 0. The molecule has 0 saturated carbocycles. The highest BCUT2D eigenvalue weighted by Crippen LogP contribution is 2.41. The number of hydrogen-bond donors (Lipinski definition) is 0. The van der Waals surface area contributed by atoms with Crippen molar-refractivity contribution in [2.75, 3.05) is 0 Å². The zero-order valence-corrected chi connectivity index (χ0v) is 36.3. The van der Waals surface area contributed by atoms with Crippen LogP contribution in [0.3, 0.4) is 0 Å². The molecule has 0 fully saturated rings. The molecular formula is C64H44N2. The lowest BCUT2D eigenvalue weighted by atomic mass is 9.88. The van der Waals surface area contributed by atoms with Gasteiger partial charge < -0.3 is 0 Å². The second-order valence-electron chi connectivity index (χ2n) is 16.6. The maximum absolute atomic E-state index is 5.40. The van der Waals surface area contributed by atoms with Crippen LogP contribution in [0.5, 0.6) is 0 Å². The molecule has 10 aromatic carbocycles. The summed E-state index contributed by atoms with van der Waals surface area (Å²) in [5, 5.41) is 0. The number of aromatic nitrogens is 2. The topological polar surface area (TPSA) is 25.8 Å². The predicted molar refractivity (Wildman–Crippen MR) is 276 cm³/mol. The van der Waals surface area contributed by atoms with Crippen molar-refractivity contribution in [2.24, 2.45) is 0 Å². The van der Waals surface area contributed by atoms with Gasteiger partial charge in [0, 0.05) is 16.7 Å². The van der Waals surface area contributed by atoms with Crippen molar-refractivity contribution in [3.63, 3.8) is 0 Å². The van der Waals surface area contributed by atoms with E-state index >= 15 is 0 Å². The van der Waals surface area contributed by atoms with Crippen molar-refractivity contribution in [1.82, 2.24) is 9.97 Å². The van der Waals surface area contributed by atoms with E-state index in [4.69, 9.17) is 9.97 Å². The first-order valence-electron chi connectivity index (χ1n) is 22.5. The molecule has 11 aromatic rings. The first-order valence-corrected chi connectivity index (χ1v) is 22.5. The minimum Gasteiger partial charge on any atom is -0.228 e. The molecule has 310 valence electrons. The van der Waals surface area contributed by atoms with Crippen LogP contribution in [0, 0.1) is 0 Å². The second kappa shape index (κ2) is 18.2. The first kappa shape index (κ1) is 40.1. The van der Waals surface area contributed by atoms with Gasteiger partial charge in [0.1, 0.15) is 0 Å². The maximum atomic E-state index is 5.40. The Bertz CT molecular complexity index is 3260. The Labute approximate surface area is 386 Å². The van der Waals surface area contributed by atoms with Gasteiger partial charge in [0.25, 0.3) is 0 Å². The molecule has 0 saturated heterocycles. The highest BCUT2D eigenvalue weighted by atomic mass is 14.9. The third-order valence-electron chi connectivity index (χ3n) is 12.3. The number of rotatable bonds is 10. The van der Waals surface area contributed by atoms with Crippen molar-refractivity contribution in [1.29, 1.82) is 0 Å². The van der Waals surface area contributed by atoms with Gasteiger partial charge in [0.15, 0.2) is 5.82 Å². The van der Waals surface area contributed by atoms with E-state index in [-0.39, 0.29) is 0 Å². The molecule has 0 unspecified atom stereocenters. The van der Waals surface area contributed by atoms with Crippen LogP contribution in [0.15, 0.2) is 267 Å². The van der Waals surface area contributed by atoms with Crippen LogP contribution < -0.4 is 0 Å². The van der Waals surface area contributed by atoms with E-state index in [2.05, 4.69) is 255 Å². The summed E-state index contributed by atoms with van der Waals surface area (Å²) in [7, 11) is 0. The lowest BCUT2D eigenvalue weighted by Crippen LogP contribution is -1.97. The Morgan fingerprint density at radius 2 is 0.470 bits per heavy atom. The van der Waals surface area contributed by atoms with E-state index in [0.29, 0.717) is 5.82 Å². The zero-order chi connectivity index (χ0) is 44.1. The molecule has 0 aliphatic rings. The smallest absolute Gasteiger partial charge is 0.160 e. The third-order valence-corrected chi connectivity index (χ3v) is 12.3. The highest BCUT2D eigenvalue weighted by molar-refractivity contribution is 5.91. The largest absolute Gasteiger partial charge is 0.228 e. The predicted octanol–water partition coefficient (Wildman–Crippen LogP) is 17.1. The summed E-state index contributed by atoms with van der Waals surface area (Å²) in [6.45, 7) is 0. The molecule has 2 nitrogen and oxygen atoms in total. The van der Waals surface area contributed by atoms with Gasteiger partial charge in [-0.25, -0.2) is 9.97 Å². The molecule has 0 amide bonds. The van der Waals surface area contributed by atoms with Gasteiger partial charge in [-0.15, -0.1) is 0 Å². The monoisotopic (exact) mass is 840 g/mol. The summed E-state index contributed by atoms with van der Waals surface area (Å²) in [4.78, 5) is 10.6. The normalized spacial score (nSPS) is 11.0. The van der Waals surface area contributed by atoms with E-state index in [1.807, 2.05) is 12.1 Å². The van der Waals surface area contributed by atoms with E-state index in [1.165, 1.54) is 50.1 Å². The molecule has 0 aliphatic carbocycles. The van der Waals surface area contributed by atoms with Crippen LogP contribution >= 0.6 is 0 Å². The third kappa shape index (κ3) is 8.40. The second-order valence-corrected chi connectivity index (χ2v) is 16.6. The van der Waals surface area contributed by atoms with Crippen LogP contribution in [0.4, 0.5) is 0 Å². The van der Waals surface area contributed by atoms with Crippen molar-refractivity contribution in [3.8, 4) is 112 Å². The van der Waals surface area contributed by atoms with Crippen molar-refractivity contribution >= 4 is 0 Å². The summed E-state index contributed by atoms with van der Waals surface area (Å²) in [6.07, 6.45) is 0. The molecule has 0 spiro atoms. The molecular weight excluding hydrogens is 797 g/mol. The summed E-state index contributed by atoms with van der Waals surface area (Å²) >= 11 is 0. The molecule has 0 N–H and O–H groups in total. The van der Waals surface area contributed by atoms with E-state index in [0.717, 1.165) is 55.9 Å². The molecule has 0 aliphatic heterocycles. The zero-order valence-electron chi connectivity index (χ0n) is 36.3. The van der Waals surface area contributed by atoms with E-state index in [1.54, 1.807) is 0 Å². The Kier molecular flexibility index (Phi) is 11.0. The van der Waals surface area contributed by atoms with Gasteiger partial charge in [0.2, 0.25) is 0 Å². The molecule has 0 atom stereocenters. The summed E-state index contributed by atoms with van der Waals surface area (Å²) in [6, 6.07) is 95.1. The van der Waals surface area contributed by atoms with Crippen LogP contribution in [-0.2, 0) is 0 Å². The molecule has 0 radical (unpaired) electrons. The SMILES string of the molecule is c1ccc(-c2ccc(-c3nc(-c4ccccc4)cc(-c4cc(-c5ccc(-c6ccccc6)c(-c6ccccc6)c5)cc(-c5ccc(-c6ccccc6)c(-c6ccccc6)c5)c4)n3)cc2)cc1. The van der Waals surface area contributed by atoms with E-state index in [9.17, 15) is 0 Å². The lowest BCUT2D eigenvalue weighted by molar-refractivity contribution is 1.18. The Balaban J connectivity index is 1.12. The molecule has 1 aromatic heterocycles. The average Bonchev–Trinajstić information content (AvgIpc) is 3.42. The van der Waals surface area contributed by atoms with Gasteiger partial charge >= 0.3 is 0 Å². The Hall–Kier alpha value is -8.72. The fraction of sp³-hybridized carbons (Fsp3) is 0. The van der Waals surface area contributed by atoms with Gasteiger partial charge in [-0.2, -0.15) is 0 Å². The average molecular weight is 841 g/mol. The van der Waals surface area contributed by atoms with Crippen LogP contribution in [-0.4, -0.2) is 9.97 Å². The molecule has 11 rings (SSSR count). The van der Waals surface area contributed by atoms with Gasteiger partial charge in [-0.3, -0.25) is 0 Å². The van der Waals surface area contributed by atoms with Crippen molar-refractivity contribution in [2.45, 2.75) is 0 Å². The summed E-state index contributed by atoms with van der Waals surface area (Å²) in [5.41, 5.74) is 20.9. The molecule has 66 heavy (non-hydrogen) atoms. The van der Waals surface area contributed by atoms with Crippen molar-refractivity contribution in [3.05, 3.63) is 267 Å². The fourth-order valence-corrected chi connectivity index (χ4v) is 8.93. The Morgan fingerprint density at radius 1 is 0.167 bits per heavy atom. The van der Waals surface area contributed by atoms with E-state index < -0.39 is 0 Å². The van der Waals surface area contributed by atoms with Crippen LogP contribution in [0.25, 0.3) is 112 Å². The fourth-order valence-electron chi connectivity index (χ4n) is 8.93. The molecule has 0 bridgehead atoms. The highest BCUT2D eigenvalue weighted by Gasteiger charge is 2.17. The molecule has 2 heteroatoms. The number of benzene rings is 10. The van der Waals surface area contributed by atoms with Crippen LogP contribution in [0.2, 0.25) is 0 Å². The quantitative estimate of drug-likeness (QED) is 0.137. The minimum atomic E-state index is 0.676. The van der Waals surface area contributed by atoms with Gasteiger partial charge in [-0.05, 0) is 114 Å². The first-order chi connectivity index (χ1) is 32.7. The number of nitrogens with zero attached hydrogens (tertiary/aromatic N) is 2. The maximum Gasteiger partial charge on any atom is 0.160 e. The van der Waals surface area contributed by atoms with Gasteiger partial charge in [-0.1, -0.05) is 231 Å². The standard InChI is InChI=1S/C64H44N2/c1-7-19-45(20-8-1)46-31-33-52(34-32-46)64-65-62(51-29-17-6-18-30-51)44-63(66-64)57-40-55(53-35-37-58(47-21-9-2-10-22-47)60(42-53)49-25-13-4-14-26-49)39-56(41-57)54-36-38-59(48-23-11-3-12-24-48)61(43-54)50-27-15-5-16-28-50/h1-44H. The molecule has 1 heterocycles. The van der Waals surface area contributed by atoms with Gasteiger partial charge in [0.05, 0.1) is 11.4 Å². The van der Waals surface area contributed by atoms with Crippen LogP contribution in [0.1, 0.15) is 0 Å². The lowest BCUT2D eigenvalue weighted by Gasteiger charge is -2.17. The summed E-state index contributed by atoms with van der Waals surface area (Å²) in [5.74, 6) is 0.676. The Morgan fingerprint density at radius 3 is 0.894 bits per heavy atom.